The molecular formula is C21H46N2O4. The molecule has 0 aromatic carbocycles. The van der Waals surface area contributed by atoms with Gasteiger partial charge in [-0.1, -0.05) is 77.6 Å². The lowest BCUT2D eigenvalue weighted by Crippen LogP contribution is -2.53. The Hall–Kier alpha value is -0.240. The lowest BCUT2D eigenvalue weighted by molar-refractivity contribution is 0.00646. The van der Waals surface area contributed by atoms with Crippen LogP contribution in [0, 0.1) is 0 Å². The second-order valence-corrected chi connectivity index (χ2v) is 7.36. The fraction of sp³-hybridized carbons (Fsp3) is 1.00. The van der Waals surface area contributed by atoms with Gasteiger partial charge in [-0.15, -0.1) is 0 Å². The van der Waals surface area contributed by atoms with Crippen LogP contribution in [0.3, 0.4) is 0 Å². The maximum absolute atomic E-state index is 10.1. The van der Waals surface area contributed by atoms with Crippen molar-refractivity contribution >= 4 is 0 Å². The molecule has 27 heavy (non-hydrogen) atoms. The largest absolute Gasteiger partial charge is 0.395 e. The Morgan fingerprint density at radius 2 is 1.15 bits per heavy atom. The highest BCUT2D eigenvalue weighted by Crippen LogP contribution is 2.11. The van der Waals surface area contributed by atoms with Crippen molar-refractivity contribution in [3.63, 3.8) is 0 Å². The quantitative estimate of drug-likeness (QED) is 0.144. The van der Waals surface area contributed by atoms with Gasteiger partial charge in [0.05, 0.1) is 26.0 Å². The fourth-order valence-electron chi connectivity index (χ4n) is 3.13. The van der Waals surface area contributed by atoms with Crippen LogP contribution in [0.2, 0.25) is 0 Å². The van der Waals surface area contributed by atoms with Crippen LogP contribution in [-0.2, 0) is 4.74 Å². The first kappa shape index (κ1) is 26.8. The minimum Gasteiger partial charge on any atom is -0.395 e. The number of unbranched alkanes of at least 4 members (excludes halogenated alkanes) is 11. The monoisotopic (exact) mass is 390 g/mol. The molecule has 0 fully saturated rings. The summed E-state index contributed by atoms with van der Waals surface area (Å²) < 4.78 is 5.57. The van der Waals surface area contributed by atoms with Gasteiger partial charge in [0.25, 0.3) is 0 Å². The summed E-state index contributed by atoms with van der Waals surface area (Å²) in [4.78, 5) is 0. The smallest absolute Gasteiger partial charge is 0.106 e. The van der Waals surface area contributed by atoms with Crippen LogP contribution in [0.15, 0.2) is 0 Å². The first-order valence-corrected chi connectivity index (χ1v) is 11.2. The van der Waals surface area contributed by atoms with E-state index in [0.29, 0.717) is 19.7 Å². The summed E-state index contributed by atoms with van der Waals surface area (Å²) in [5, 5.41) is 33.9. The average molecular weight is 391 g/mol. The third kappa shape index (κ3) is 18.9. The van der Waals surface area contributed by atoms with Crippen LogP contribution in [0.25, 0.3) is 0 Å². The van der Waals surface area contributed by atoms with Crippen LogP contribution >= 0.6 is 0 Å². The lowest BCUT2D eigenvalue weighted by Gasteiger charge is -2.24. The molecule has 0 bridgehead atoms. The van der Waals surface area contributed by atoms with Crippen molar-refractivity contribution in [2.45, 2.75) is 96.2 Å². The van der Waals surface area contributed by atoms with Crippen molar-refractivity contribution in [2.75, 3.05) is 39.5 Å². The molecule has 0 aromatic heterocycles. The first-order valence-electron chi connectivity index (χ1n) is 11.2. The molecule has 0 spiro atoms. The molecule has 0 heterocycles. The molecule has 6 nitrogen and oxygen atoms in total. The molecule has 0 aromatic rings. The zero-order valence-corrected chi connectivity index (χ0v) is 17.6. The van der Waals surface area contributed by atoms with Crippen molar-refractivity contribution in [1.29, 1.82) is 0 Å². The van der Waals surface area contributed by atoms with Gasteiger partial charge in [0, 0.05) is 19.7 Å². The first-order chi connectivity index (χ1) is 13.3. The molecule has 0 radical (unpaired) electrons. The third-order valence-electron chi connectivity index (χ3n) is 4.77. The molecule has 0 aliphatic heterocycles. The molecule has 0 saturated heterocycles. The number of rotatable bonds is 22. The maximum atomic E-state index is 10.1. The lowest BCUT2D eigenvalue weighted by atomic mass is 10.1. The highest BCUT2D eigenvalue weighted by molar-refractivity contribution is 4.73. The summed E-state index contributed by atoms with van der Waals surface area (Å²) in [6.45, 7) is 3.96. The van der Waals surface area contributed by atoms with Gasteiger partial charge < -0.3 is 20.1 Å². The van der Waals surface area contributed by atoms with Gasteiger partial charge in [-0.3, -0.25) is 10.6 Å². The zero-order chi connectivity index (χ0) is 20.0. The summed E-state index contributed by atoms with van der Waals surface area (Å²) in [5.41, 5.74) is 0. The molecule has 0 rings (SSSR count). The van der Waals surface area contributed by atoms with Crippen LogP contribution < -0.4 is 10.6 Å². The number of aliphatic hydroxyl groups excluding tert-OH is 3. The highest BCUT2D eigenvalue weighted by Gasteiger charge is 2.17. The molecule has 1 unspecified atom stereocenters. The number of hydrogen-bond donors (Lipinski definition) is 5. The second kappa shape index (κ2) is 22.1. The molecule has 6 heteroatoms. The van der Waals surface area contributed by atoms with E-state index < -0.39 is 6.10 Å². The molecule has 164 valence electrons. The molecule has 0 saturated carbocycles. The van der Waals surface area contributed by atoms with E-state index in [2.05, 4.69) is 17.6 Å². The number of aliphatic hydroxyl groups is 3. The number of ether oxygens (including phenoxy) is 1. The van der Waals surface area contributed by atoms with E-state index in [1.165, 1.54) is 70.6 Å². The zero-order valence-electron chi connectivity index (χ0n) is 17.6. The van der Waals surface area contributed by atoms with Gasteiger partial charge in [0.1, 0.15) is 6.10 Å². The van der Waals surface area contributed by atoms with E-state index in [1.54, 1.807) is 0 Å². The molecular weight excluding hydrogens is 344 g/mol. The summed E-state index contributed by atoms with van der Waals surface area (Å²) in [6.07, 6.45) is 14.7. The van der Waals surface area contributed by atoms with E-state index in [-0.39, 0.29) is 26.0 Å². The standard InChI is InChI=1S/C21H46N2O4/c1-2-3-4-5-6-7-8-9-10-11-12-13-18-27-19-20(26)21(22-14-16-24)23-15-17-25/h20-26H,2-19H2,1H3. The summed E-state index contributed by atoms with van der Waals surface area (Å²) in [5.74, 6) is 0. The predicted molar refractivity (Wildman–Crippen MR) is 112 cm³/mol. The van der Waals surface area contributed by atoms with Crippen LogP contribution in [-0.4, -0.2) is 67.1 Å². The van der Waals surface area contributed by atoms with E-state index in [9.17, 15) is 5.11 Å². The Kier molecular flexibility index (Phi) is 21.9. The van der Waals surface area contributed by atoms with Crippen LogP contribution in [0.5, 0.6) is 0 Å². The van der Waals surface area contributed by atoms with Gasteiger partial charge in [-0.2, -0.15) is 0 Å². The summed E-state index contributed by atoms with van der Waals surface area (Å²) >= 11 is 0. The molecule has 0 amide bonds. The number of hydrogen-bond acceptors (Lipinski definition) is 6. The van der Waals surface area contributed by atoms with Gasteiger partial charge in [0.2, 0.25) is 0 Å². The van der Waals surface area contributed by atoms with E-state index in [0.717, 1.165) is 6.42 Å². The Morgan fingerprint density at radius 1 is 0.704 bits per heavy atom. The Labute approximate surface area is 167 Å². The van der Waals surface area contributed by atoms with Crippen molar-refractivity contribution in [3.8, 4) is 0 Å². The predicted octanol–water partition coefficient (Wildman–Crippen LogP) is 2.55. The van der Waals surface area contributed by atoms with Crippen LogP contribution in [0.4, 0.5) is 0 Å². The molecule has 0 aliphatic carbocycles. The van der Waals surface area contributed by atoms with Crippen molar-refractivity contribution in [2.24, 2.45) is 0 Å². The Morgan fingerprint density at radius 3 is 1.59 bits per heavy atom. The van der Waals surface area contributed by atoms with E-state index in [4.69, 9.17) is 14.9 Å². The molecule has 0 aliphatic rings. The minimum absolute atomic E-state index is 0.00371. The summed E-state index contributed by atoms with van der Waals surface area (Å²) in [6, 6.07) is 0. The fourth-order valence-corrected chi connectivity index (χ4v) is 3.13. The third-order valence-corrected chi connectivity index (χ3v) is 4.77. The van der Waals surface area contributed by atoms with Gasteiger partial charge >= 0.3 is 0 Å². The topological polar surface area (TPSA) is 94.0 Å². The summed E-state index contributed by atoms with van der Waals surface area (Å²) in [7, 11) is 0. The minimum atomic E-state index is -0.708. The van der Waals surface area contributed by atoms with Crippen molar-refractivity contribution in [3.05, 3.63) is 0 Å². The van der Waals surface area contributed by atoms with E-state index >= 15 is 0 Å². The SMILES string of the molecule is CCCCCCCCCCCCCCOCC(O)C(NCCO)NCCO. The second-order valence-electron chi connectivity index (χ2n) is 7.36. The average Bonchev–Trinajstić information content (AvgIpc) is 2.68. The van der Waals surface area contributed by atoms with Gasteiger partial charge in [0.15, 0.2) is 0 Å². The van der Waals surface area contributed by atoms with Gasteiger partial charge in [-0.25, -0.2) is 0 Å². The molecule has 5 N–H and O–H groups in total. The highest BCUT2D eigenvalue weighted by atomic mass is 16.5. The van der Waals surface area contributed by atoms with E-state index in [1.807, 2.05) is 0 Å². The van der Waals surface area contributed by atoms with Crippen molar-refractivity contribution < 1.29 is 20.1 Å². The van der Waals surface area contributed by atoms with Gasteiger partial charge in [-0.05, 0) is 6.42 Å². The number of nitrogens with one attached hydrogen (secondary N) is 2. The maximum Gasteiger partial charge on any atom is 0.106 e. The van der Waals surface area contributed by atoms with Crippen molar-refractivity contribution in [1.82, 2.24) is 10.6 Å². The Bertz CT molecular complexity index is 275. The van der Waals surface area contributed by atoms with Crippen LogP contribution in [0.1, 0.15) is 84.0 Å². The normalized spacial score (nSPS) is 12.8. The Balaban J connectivity index is 3.43. The molecule has 1 atom stereocenters.